The van der Waals surface area contributed by atoms with Crippen LogP contribution in [0.1, 0.15) is 0 Å². The van der Waals surface area contributed by atoms with E-state index in [1.54, 1.807) is 24.3 Å². The average Bonchev–Trinajstić information content (AvgIpc) is 2.28. The van der Waals surface area contributed by atoms with Crippen molar-refractivity contribution in [3.05, 3.63) is 52.3 Å². The molecule has 0 spiro atoms. The maximum Gasteiger partial charge on any atom is 0.165 e. The molecule has 0 amide bonds. The van der Waals surface area contributed by atoms with Crippen LogP contribution in [-0.4, -0.2) is 0 Å². The van der Waals surface area contributed by atoms with E-state index in [1.165, 1.54) is 6.07 Å². The summed E-state index contributed by atoms with van der Waals surface area (Å²) in [5.41, 5.74) is 6.67. The molecule has 0 aliphatic carbocycles. The Morgan fingerprint density at radius 1 is 0.938 bits per heavy atom. The Morgan fingerprint density at radius 2 is 1.62 bits per heavy atom. The van der Waals surface area contributed by atoms with Crippen molar-refractivity contribution in [2.75, 3.05) is 5.73 Å². The van der Waals surface area contributed by atoms with Gasteiger partial charge in [-0.05, 0) is 12.1 Å². The first-order chi connectivity index (χ1) is 7.61. The Bertz CT molecular complexity index is 541. The van der Waals surface area contributed by atoms with Gasteiger partial charge in [-0.25, -0.2) is 4.39 Å². The van der Waals surface area contributed by atoms with Crippen molar-refractivity contribution in [3.8, 4) is 11.1 Å². The Labute approximate surface area is 103 Å². The van der Waals surface area contributed by atoms with Crippen molar-refractivity contribution in [2.24, 2.45) is 0 Å². The molecule has 0 unspecified atom stereocenters. The third-order valence-corrected chi connectivity index (χ3v) is 2.98. The quantitative estimate of drug-likeness (QED) is 0.752. The van der Waals surface area contributed by atoms with Gasteiger partial charge in [0.25, 0.3) is 0 Å². The number of hydrogen-bond donors (Lipinski definition) is 1. The molecule has 16 heavy (non-hydrogen) atoms. The average molecular weight is 256 g/mol. The zero-order chi connectivity index (χ0) is 11.7. The zero-order valence-electron chi connectivity index (χ0n) is 8.18. The number of nitrogen functional groups attached to an aromatic ring is 1. The highest BCUT2D eigenvalue weighted by Gasteiger charge is 2.12. The van der Waals surface area contributed by atoms with E-state index >= 15 is 0 Å². The molecule has 0 bridgehead atoms. The van der Waals surface area contributed by atoms with Crippen LogP contribution in [0.5, 0.6) is 0 Å². The monoisotopic (exact) mass is 255 g/mol. The molecule has 0 aliphatic rings. The molecule has 2 rings (SSSR count). The minimum absolute atomic E-state index is 0.00639. The SMILES string of the molecule is Nc1ccc(-c2ccccc2Cl)c(Cl)c1F. The molecule has 0 saturated heterocycles. The maximum absolute atomic E-state index is 13.5. The summed E-state index contributed by atoms with van der Waals surface area (Å²) in [7, 11) is 0. The molecule has 2 N–H and O–H groups in total. The summed E-state index contributed by atoms with van der Waals surface area (Å²) in [6.45, 7) is 0. The van der Waals surface area contributed by atoms with E-state index in [0.29, 0.717) is 16.1 Å². The summed E-state index contributed by atoms with van der Waals surface area (Å²) in [4.78, 5) is 0. The van der Waals surface area contributed by atoms with Gasteiger partial charge in [0.1, 0.15) is 0 Å². The van der Waals surface area contributed by atoms with E-state index in [4.69, 9.17) is 28.9 Å². The Hall–Kier alpha value is -1.25. The van der Waals surface area contributed by atoms with Gasteiger partial charge in [0, 0.05) is 16.1 Å². The first-order valence-electron chi connectivity index (χ1n) is 4.59. The fraction of sp³-hybridized carbons (Fsp3) is 0. The molecule has 2 aromatic carbocycles. The second kappa shape index (κ2) is 4.32. The van der Waals surface area contributed by atoms with Gasteiger partial charge in [0.15, 0.2) is 5.82 Å². The van der Waals surface area contributed by atoms with Crippen LogP contribution in [0, 0.1) is 5.82 Å². The molecular formula is C12H8Cl2FN. The van der Waals surface area contributed by atoms with Gasteiger partial charge in [0.05, 0.1) is 10.7 Å². The molecule has 0 fully saturated rings. The normalized spacial score (nSPS) is 10.4. The first kappa shape index (κ1) is 11.2. The fourth-order valence-corrected chi connectivity index (χ4v) is 1.96. The molecular weight excluding hydrogens is 248 g/mol. The van der Waals surface area contributed by atoms with Crippen LogP contribution in [-0.2, 0) is 0 Å². The number of halogens is 3. The van der Waals surface area contributed by atoms with Crippen LogP contribution in [0.2, 0.25) is 10.0 Å². The molecule has 0 aliphatic heterocycles. The van der Waals surface area contributed by atoms with Gasteiger partial charge in [-0.1, -0.05) is 47.5 Å². The van der Waals surface area contributed by atoms with Gasteiger partial charge >= 0.3 is 0 Å². The number of benzene rings is 2. The highest BCUT2D eigenvalue weighted by Crippen LogP contribution is 2.36. The van der Waals surface area contributed by atoms with Crippen molar-refractivity contribution in [1.29, 1.82) is 0 Å². The largest absolute Gasteiger partial charge is 0.396 e. The van der Waals surface area contributed by atoms with E-state index in [1.807, 2.05) is 6.07 Å². The Kier molecular flexibility index (Phi) is 3.03. The van der Waals surface area contributed by atoms with E-state index in [9.17, 15) is 4.39 Å². The van der Waals surface area contributed by atoms with E-state index in [2.05, 4.69) is 0 Å². The van der Waals surface area contributed by atoms with E-state index in [-0.39, 0.29) is 10.7 Å². The lowest BCUT2D eigenvalue weighted by molar-refractivity contribution is 0.633. The molecule has 0 saturated carbocycles. The second-order valence-electron chi connectivity index (χ2n) is 3.31. The lowest BCUT2D eigenvalue weighted by atomic mass is 10.0. The van der Waals surface area contributed by atoms with Crippen LogP contribution in [0.4, 0.5) is 10.1 Å². The van der Waals surface area contributed by atoms with Gasteiger partial charge in [0.2, 0.25) is 0 Å². The summed E-state index contributed by atoms with van der Waals surface area (Å²) in [6, 6.07) is 10.2. The molecule has 2 aromatic rings. The van der Waals surface area contributed by atoms with Crippen LogP contribution < -0.4 is 5.73 Å². The Morgan fingerprint density at radius 3 is 2.31 bits per heavy atom. The highest BCUT2D eigenvalue weighted by molar-refractivity contribution is 6.36. The number of rotatable bonds is 1. The molecule has 0 radical (unpaired) electrons. The summed E-state index contributed by atoms with van der Waals surface area (Å²) >= 11 is 11.9. The minimum atomic E-state index is -0.612. The van der Waals surface area contributed by atoms with E-state index in [0.717, 1.165) is 0 Å². The van der Waals surface area contributed by atoms with E-state index < -0.39 is 5.82 Å². The third kappa shape index (κ3) is 1.86. The molecule has 0 heterocycles. The number of hydrogen-bond acceptors (Lipinski definition) is 1. The third-order valence-electron chi connectivity index (χ3n) is 2.28. The van der Waals surface area contributed by atoms with Gasteiger partial charge in [-0.3, -0.25) is 0 Å². The molecule has 0 aromatic heterocycles. The van der Waals surface area contributed by atoms with Crippen LogP contribution in [0.25, 0.3) is 11.1 Å². The minimum Gasteiger partial charge on any atom is -0.396 e. The second-order valence-corrected chi connectivity index (χ2v) is 4.10. The fourth-order valence-electron chi connectivity index (χ4n) is 1.45. The lowest BCUT2D eigenvalue weighted by Gasteiger charge is -2.08. The summed E-state index contributed by atoms with van der Waals surface area (Å²) in [6.07, 6.45) is 0. The summed E-state index contributed by atoms with van der Waals surface area (Å²) < 4.78 is 13.5. The van der Waals surface area contributed by atoms with Crippen LogP contribution >= 0.6 is 23.2 Å². The molecule has 0 atom stereocenters. The summed E-state index contributed by atoms with van der Waals surface area (Å²) in [5, 5.41) is 0.515. The van der Waals surface area contributed by atoms with Crippen molar-refractivity contribution >= 4 is 28.9 Å². The highest BCUT2D eigenvalue weighted by atomic mass is 35.5. The van der Waals surface area contributed by atoms with Gasteiger partial charge in [-0.2, -0.15) is 0 Å². The topological polar surface area (TPSA) is 26.0 Å². The predicted molar refractivity (Wildman–Crippen MR) is 66.3 cm³/mol. The predicted octanol–water partition coefficient (Wildman–Crippen LogP) is 4.38. The zero-order valence-corrected chi connectivity index (χ0v) is 9.69. The van der Waals surface area contributed by atoms with Crippen LogP contribution in [0.3, 0.4) is 0 Å². The lowest BCUT2D eigenvalue weighted by Crippen LogP contribution is -1.93. The molecule has 82 valence electrons. The van der Waals surface area contributed by atoms with Gasteiger partial charge < -0.3 is 5.73 Å². The molecule has 4 heteroatoms. The first-order valence-corrected chi connectivity index (χ1v) is 5.35. The van der Waals surface area contributed by atoms with Crippen LogP contribution in [0.15, 0.2) is 36.4 Å². The van der Waals surface area contributed by atoms with Gasteiger partial charge in [-0.15, -0.1) is 0 Å². The van der Waals surface area contributed by atoms with Crippen molar-refractivity contribution in [3.63, 3.8) is 0 Å². The number of nitrogens with two attached hydrogens (primary N) is 1. The standard InChI is InChI=1S/C12H8Cl2FN/c13-9-4-2-1-3-7(9)8-5-6-10(16)12(15)11(8)14/h1-6H,16H2. The Balaban J connectivity index is 2.66. The molecule has 1 nitrogen and oxygen atoms in total. The number of anilines is 1. The van der Waals surface area contributed by atoms with Crippen molar-refractivity contribution in [1.82, 2.24) is 0 Å². The van der Waals surface area contributed by atoms with Crippen molar-refractivity contribution in [2.45, 2.75) is 0 Å². The summed E-state index contributed by atoms with van der Waals surface area (Å²) in [5.74, 6) is -0.612. The van der Waals surface area contributed by atoms with Crippen molar-refractivity contribution < 1.29 is 4.39 Å². The maximum atomic E-state index is 13.5. The smallest absolute Gasteiger partial charge is 0.165 e.